The number of furan rings is 1. The van der Waals surface area contributed by atoms with E-state index in [4.69, 9.17) is 32.4 Å². The van der Waals surface area contributed by atoms with E-state index in [9.17, 15) is 19.8 Å². The number of anilines is 1. The lowest BCUT2D eigenvalue weighted by molar-refractivity contribution is -0.117. The van der Waals surface area contributed by atoms with Crippen LogP contribution >= 0.6 is 62.2 Å². The molecule has 200 valence electrons. The summed E-state index contributed by atoms with van der Waals surface area (Å²) < 4.78 is 11.3. The molecule has 2 N–H and O–H groups in total. The normalized spacial score (nSPS) is 15.3. The van der Waals surface area contributed by atoms with E-state index >= 15 is 0 Å². The minimum atomic E-state index is -1.13. The standard InChI is InChI=1S/C25H16BrCl2N3O6S2/c1-36-17-8-12(7-14(26)20(17)32)19-18(21(33)16-3-2-6-37-16)22(34)23(35)31(19)24-29-30-25(39-24)38-10-11-4-5-13(27)9-15(11)28/h2-9,19,32,34H,10H2,1H3. The molecule has 9 nitrogen and oxygen atoms in total. The highest BCUT2D eigenvalue weighted by molar-refractivity contribution is 9.10. The molecule has 1 aliphatic rings. The van der Waals surface area contributed by atoms with Gasteiger partial charge in [-0.3, -0.25) is 14.5 Å². The van der Waals surface area contributed by atoms with Gasteiger partial charge in [0.1, 0.15) is 0 Å². The molecule has 1 aliphatic heterocycles. The Balaban J connectivity index is 1.53. The number of benzene rings is 2. The number of phenolic OH excluding ortho intramolecular Hbond substituents is 1. The Labute approximate surface area is 248 Å². The fraction of sp³-hybridized carbons (Fsp3) is 0.120. The van der Waals surface area contributed by atoms with Crippen LogP contribution < -0.4 is 9.64 Å². The van der Waals surface area contributed by atoms with Gasteiger partial charge in [-0.05, 0) is 63.5 Å². The van der Waals surface area contributed by atoms with E-state index in [1.807, 2.05) is 6.07 Å². The zero-order valence-corrected chi connectivity index (χ0v) is 24.5. The van der Waals surface area contributed by atoms with E-state index in [1.165, 1.54) is 54.3 Å². The molecule has 0 radical (unpaired) electrons. The second-order valence-electron chi connectivity index (χ2n) is 8.07. The number of aliphatic hydroxyl groups excluding tert-OH is 1. The summed E-state index contributed by atoms with van der Waals surface area (Å²) in [4.78, 5) is 28.0. The molecule has 39 heavy (non-hydrogen) atoms. The number of thioether (sulfide) groups is 1. The van der Waals surface area contributed by atoms with Crippen LogP contribution in [0.3, 0.4) is 0 Å². The first kappa shape index (κ1) is 27.5. The lowest BCUT2D eigenvalue weighted by atomic mass is 9.95. The first-order valence-electron chi connectivity index (χ1n) is 11.0. The fourth-order valence-corrected chi connectivity index (χ4v) is 6.82. The Bertz CT molecular complexity index is 1630. The summed E-state index contributed by atoms with van der Waals surface area (Å²) in [5.74, 6) is -1.94. The number of halogens is 3. The predicted octanol–water partition coefficient (Wildman–Crippen LogP) is 6.99. The molecule has 0 saturated heterocycles. The van der Waals surface area contributed by atoms with Crippen molar-refractivity contribution in [2.75, 3.05) is 12.0 Å². The summed E-state index contributed by atoms with van der Waals surface area (Å²) in [6.45, 7) is 0. The number of carbonyl (C=O) groups excluding carboxylic acids is 2. The molecular formula is C25H16BrCl2N3O6S2. The molecule has 1 atom stereocenters. The van der Waals surface area contributed by atoms with Crippen molar-refractivity contribution in [3.63, 3.8) is 0 Å². The molecule has 0 fully saturated rings. The van der Waals surface area contributed by atoms with Crippen molar-refractivity contribution >= 4 is 79.1 Å². The first-order valence-corrected chi connectivity index (χ1v) is 14.4. The largest absolute Gasteiger partial charge is 0.503 e. The van der Waals surface area contributed by atoms with Crippen molar-refractivity contribution < 1.29 is 29.0 Å². The second-order valence-corrected chi connectivity index (χ2v) is 12.0. The van der Waals surface area contributed by atoms with Crippen LogP contribution in [0.1, 0.15) is 27.7 Å². The number of nitrogens with zero attached hydrogens (tertiary/aromatic N) is 3. The molecule has 2 aromatic carbocycles. The Morgan fingerprint density at radius 2 is 2.03 bits per heavy atom. The highest BCUT2D eigenvalue weighted by Crippen LogP contribution is 2.47. The van der Waals surface area contributed by atoms with Crippen LogP contribution in [-0.4, -0.2) is 39.2 Å². The van der Waals surface area contributed by atoms with Gasteiger partial charge in [-0.1, -0.05) is 52.4 Å². The summed E-state index contributed by atoms with van der Waals surface area (Å²) in [5, 5.41) is 30.8. The van der Waals surface area contributed by atoms with E-state index in [0.717, 1.165) is 16.9 Å². The summed E-state index contributed by atoms with van der Waals surface area (Å²) in [6, 6.07) is 10.0. The lowest BCUT2D eigenvalue weighted by Gasteiger charge is -2.24. The highest BCUT2D eigenvalue weighted by Gasteiger charge is 2.47. The molecule has 4 aromatic rings. The summed E-state index contributed by atoms with van der Waals surface area (Å²) in [6.07, 6.45) is 1.32. The predicted molar refractivity (Wildman–Crippen MR) is 151 cm³/mol. The van der Waals surface area contributed by atoms with Crippen LogP contribution in [0.15, 0.2) is 73.3 Å². The van der Waals surface area contributed by atoms with Crippen LogP contribution in [0.2, 0.25) is 10.0 Å². The maximum Gasteiger partial charge on any atom is 0.296 e. The van der Waals surface area contributed by atoms with E-state index in [1.54, 1.807) is 12.1 Å². The maximum absolute atomic E-state index is 13.4. The summed E-state index contributed by atoms with van der Waals surface area (Å²) in [5.41, 5.74) is 0.984. The Morgan fingerprint density at radius 1 is 1.23 bits per heavy atom. The zero-order valence-electron chi connectivity index (χ0n) is 19.7. The smallest absolute Gasteiger partial charge is 0.296 e. The number of methoxy groups -OCH3 is 1. The van der Waals surface area contributed by atoms with Gasteiger partial charge in [0.25, 0.3) is 5.91 Å². The second kappa shape index (κ2) is 11.2. The molecule has 0 saturated carbocycles. The molecular weight excluding hydrogens is 653 g/mol. The Kier molecular flexibility index (Phi) is 7.92. The molecule has 0 spiro atoms. The molecule has 0 bridgehead atoms. The van der Waals surface area contributed by atoms with Gasteiger partial charge in [0, 0.05) is 15.8 Å². The minimum absolute atomic E-state index is 0.0608. The summed E-state index contributed by atoms with van der Waals surface area (Å²) >= 11 is 18.0. The average Bonchev–Trinajstić information content (AvgIpc) is 3.66. The third-order valence-electron chi connectivity index (χ3n) is 5.75. The topological polar surface area (TPSA) is 126 Å². The van der Waals surface area contributed by atoms with Crippen LogP contribution in [-0.2, 0) is 10.5 Å². The van der Waals surface area contributed by atoms with E-state index in [2.05, 4.69) is 26.1 Å². The number of amides is 1. The van der Waals surface area contributed by atoms with Gasteiger partial charge >= 0.3 is 0 Å². The first-order chi connectivity index (χ1) is 18.7. The monoisotopic (exact) mass is 667 g/mol. The van der Waals surface area contributed by atoms with Crippen LogP contribution in [0, 0.1) is 0 Å². The van der Waals surface area contributed by atoms with Gasteiger partial charge in [0.15, 0.2) is 27.4 Å². The number of ether oxygens (including phenoxy) is 1. The quantitative estimate of drug-likeness (QED) is 0.116. The van der Waals surface area contributed by atoms with Crippen LogP contribution in [0.4, 0.5) is 5.13 Å². The molecule has 0 aliphatic carbocycles. The number of phenols is 1. The number of aromatic nitrogens is 2. The SMILES string of the molecule is COc1cc(C2C(C(=O)c3ccco3)=C(O)C(=O)N2c2nnc(SCc3ccc(Cl)cc3Cl)s2)cc(Br)c1O. The number of aromatic hydroxyl groups is 1. The number of ketones is 1. The zero-order chi connectivity index (χ0) is 27.8. The van der Waals surface area contributed by atoms with Crippen LogP contribution in [0.25, 0.3) is 0 Å². The third-order valence-corrected chi connectivity index (χ3v) is 9.05. The van der Waals surface area contributed by atoms with Crippen molar-refractivity contribution in [1.29, 1.82) is 0 Å². The molecule has 2 aromatic heterocycles. The minimum Gasteiger partial charge on any atom is -0.503 e. The van der Waals surface area contributed by atoms with Gasteiger partial charge < -0.3 is 19.4 Å². The van der Waals surface area contributed by atoms with Crippen molar-refractivity contribution in [1.82, 2.24) is 10.2 Å². The number of Topliss-reactive ketones (excluding diaryl/α,β-unsaturated/α-hetero) is 1. The summed E-state index contributed by atoms with van der Waals surface area (Å²) in [7, 11) is 1.37. The van der Waals surface area contributed by atoms with Gasteiger partial charge in [-0.25, -0.2) is 0 Å². The van der Waals surface area contributed by atoms with Crippen LogP contribution in [0.5, 0.6) is 11.5 Å². The molecule has 3 heterocycles. The van der Waals surface area contributed by atoms with Gasteiger partial charge in [0.2, 0.25) is 10.9 Å². The number of hydrogen-bond donors (Lipinski definition) is 2. The third kappa shape index (κ3) is 5.27. The van der Waals surface area contributed by atoms with Crippen molar-refractivity contribution in [3.05, 3.63) is 91.5 Å². The fourth-order valence-electron chi connectivity index (χ4n) is 3.93. The van der Waals surface area contributed by atoms with Gasteiger partial charge in [0.05, 0.1) is 29.5 Å². The van der Waals surface area contributed by atoms with Gasteiger partial charge in [-0.15, -0.1) is 10.2 Å². The molecule has 1 amide bonds. The number of hydrogen-bond acceptors (Lipinski definition) is 10. The van der Waals surface area contributed by atoms with E-state index in [-0.39, 0.29) is 32.4 Å². The lowest BCUT2D eigenvalue weighted by Crippen LogP contribution is -2.31. The highest BCUT2D eigenvalue weighted by atomic mass is 79.9. The Hall–Kier alpha value is -3.03. The average molecular weight is 669 g/mol. The van der Waals surface area contributed by atoms with Crippen molar-refractivity contribution in [3.8, 4) is 11.5 Å². The number of carbonyl (C=O) groups is 2. The molecule has 5 rings (SSSR count). The molecule has 1 unspecified atom stereocenters. The van der Waals surface area contributed by atoms with E-state index < -0.39 is 23.5 Å². The van der Waals surface area contributed by atoms with E-state index in [0.29, 0.717) is 25.7 Å². The number of aliphatic hydroxyl groups is 1. The van der Waals surface area contributed by atoms with Gasteiger partial charge in [-0.2, -0.15) is 0 Å². The van der Waals surface area contributed by atoms with Crippen molar-refractivity contribution in [2.24, 2.45) is 0 Å². The number of rotatable bonds is 8. The van der Waals surface area contributed by atoms with Crippen molar-refractivity contribution in [2.45, 2.75) is 16.1 Å². The maximum atomic E-state index is 13.4. The Morgan fingerprint density at radius 3 is 2.72 bits per heavy atom. The molecule has 14 heteroatoms.